The van der Waals surface area contributed by atoms with Crippen LogP contribution in [0.2, 0.25) is 0 Å². The van der Waals surface area contributed by atoms with E-state index in [1.807, 2.05) is 30.3 Å². The molecule has 1 N–H and O–H groups in total. The summed E-state index contributed by atoms with van der Waals surface area (Å²) < 4.78 is 15.0. The van der Waals surface area contributed by atoms with Crippen molar-refractivity contribution in [1.29, 1.82) is 0 Å². The largest absolute Gasteiger partial charge is 0.368 e. The Kier molecular flexibility index (Phi) is 4.08. The Morgan fingerprint density at radius 2 is 1.92 bits per heavy atom. The van der Waals surface area contributed by atoms with Crippen molar-refractivity contribution in [2.24, 2.45) is 0 Å². The molecule has 1 aromatic carbocycles. The molecule has 0 aliphatic heterocycles. The number of anilines is 1. The molecule has 0 amide bonds. The van der Waals surface area contributed by atoms with Gasteiger partial charge in [-0.05, 0) is 48.4 Å². The maximum atomic E-state index is 13.2. The molecular weight excluding hydrogens is 317 g/mol. The second kappa shape index (κ2) is 6.68. The summed E-state index contributed by atoms with van der Waals surface area (Å²) in [7, 11) is 0. The minimum atomic E-state index is -0.211. The molecule has 0 atom stereocenters. The van der Waals surface area contributed by atoms with E-state index in [1.54, 1.807) is 35.2 Å². The van der Waals surface area contributed by atoms with Crippen molar-refractivity contribution in [2.75, 3.05) is 11.9 Å². The van der Waals surface area contributed by atoms with Crippen LogP contribution in [0.1, 0.15) is 5.56 Å². The zero-order valence-corrected chi connectivity index (χ0v) is 13.4. The van der Waals surface area contributed by atoms with Crippen LogP contribution >= 0.6 is 0 Å². The second-order valence-electron chi connectivity index (χ2n) is 5.67. The van der Waals surface area contributed by atoms with E-state index in [0.29, 0.717) is 6.54 Å². The monoisotopic (exact) mass is 333 g/mol. The van der Waals surface area contributed by atoms with Crippen LogP contribution in [-0.2, 0) is 6.42 Å². The van der Waals surface area contributed by atoms with Crippen molar-refractivity contribution in [2.45, 2.75) is 6.42 Å². The number of aromatic nitrogens is 4. The summed E-state index contributed by atoms with van der Waals surface area (Å²) in [6.07, 6.45) is 6.01. The summed E-state index contributed by atoms with van der Waals surface area (Å²) in [6, 6.07) is 14.3. The highest BCUT2D eigenvalue weighted by Crippen LogP contribution is 2.20. The molecule has 4 rings (SSSR count). The average molecular weight is 333 g/mol. The molecule has 0 saturated heterocycles. The fraction of sp³-hybridized carbons (Fsp3) is 0.105. The first-order chi connectivity index (χ1) is 12.3. The van der Waals surface area contributed by atoms with Gasteiger partial charge in [0, 0.05) is 24.5 Å². The van der Waals surface area contributed by atoms with Gasteiger partial charge in [-0.25, -0.2) is 13.9 Å². The molecule has 0 saturated carbocycles. The molecule has 0 spiro atoms. The number of pyridine rings is 1. The normalized spacial score (nSPS) is 10.9. The topological polar surface area (TPSA) is 55.1 Å². The van der Waals surface area contributed by atoms with E-state index in [9.17, 15) is 4.39 Å². The van der Waals surface area contributed by atoms with Crippen LogP contribution in [0.3, 0.4) is 0 Å². The van der Waals surface area contributed by atoms with E-state index in [0.717, 1.165) is 34.7 Å². The number of halogens is 1. The molecule has 124 valence electrons. The van der Waals surface area contributed by atoms with Gasteiger partial charge in [0.1, 0.15) is 11.6 Å². The zero-order chi connectivity index (χ0) is 17.1. The number of rotatable bonds is 5. The number of fused-ring (bicyclic) bond motifs is 1. The molecule has 0 aliphatic rings. The third-order valence-electron chi connectivity index (χ3n) is 3.95. The minimum Gasteiger partial charge on any atom is -0.368 e. The molecule has 0 fully saturated rings. The predicted molar refractivity (Wildman–Crippen MR) is 94.8 cm³/mol. The van der Waals surface area contributed by atoms with Crippen LogP contribution in [0.4, 0.5) is 10.2 Å². The first-order valence-corrected chi connectivity index (χ1v) is 8.03. The molecule has 4 aromatic rings. The number of imidazole rings is 1. The molecule has 6 heteroatoms. The smallest absolute Gasteiger partial charge is 0.154 e. The summed E-state index contributed by atoms with van der Waals surface area (Å²) in [6.45, 7) is 0.668. The van der Waals surface area contributed by atoms with Gasteiger partial charge in [0.05, 0.1) is 11.9 Å². The average Bonchev–Trinajstić information content (AvgIpc) is 3.06. The Bertz CT molecular complexity index is 997. The summed E-state index contributed by atoms with van der Waals surface area (Å²) >= 11 is 0. The second-order valence-corrected chi connectivity index (χ2v) is 5.67. The molecular formula is C19H16FN5. The van der Waals surface area contributed by atoms with E-state index < -0.39 is 0 Å². The Labute approximate surface area is 144 Å². The third kappa shape index (κ3) is 3.33. The van der Waals surface area contributed by atoms with Gasteiger partial charge in [-0.2, -0.15) is 0 Å². The van der Waals surface area contributed by atoms with E-state index in [2.05, 4.69) is 20.4 Å². The van der Waals surface area contributed by atoms with Crippen LogP contribution in [0.25, 0.3) is 16.9 Å². The Morgan fingerprint density at radius 3 is 2.76 bits per heavy atom. The van der Waals surface area contributed by atoms with Crippen molar-refractivity contribution >= 4 is 11.5 Å². The summed E-state index contributed by atoms with van der Waals surface area (Å²) in [5.74, 6) is 0.537. The number of nitrogens with one attached hydrogen (secondary N) is 1. The van der Waals surface area contributed by atoms with Crippen LogP contribution in [-0.4, -0.2) is 26.1 Å². The lowest BCUT2D eigenvalue weighted by Crippen LogP contribution is -2.08. The predicted octanol–water partition coefficient (Wildman–Crippen LogP) is 3.59. The van der Waals surface area contributed by atoms with Gasteiger partial charge in [0.2, 0.25) is 0 Å². The lowest BCUT2D eigenvalue weighted by Gasteiger charge is -2.07. The number of benzene rings is 1. The lowest BCUT2D eigenvalue weighted by molar-refractivity contribution is 0.625. The van der Waals surface area contributed by atoms with Crippen molar-refractivity contribution in [3.63, 3.8) is 0 Å². The van der Waals surface area contributed by atoms with Crippen molar-refractivity contribution in [3.05, 3.63) is 78.5 Å². The summed E-state index contributed by atoms with van der Waals surface area (Å²) in [5, 5.41) is 7.89. The molecule has 5 nitrogen and oxygen atoms in total. The molecule has 3 aromatic heterocycles. The highest BCUT2D eigenvalue weighted by atomic mass is 19.1. The fourth-order valence-corrected chi connectivity index (χ4v) is 2.71. The van der Waals surface area contributed by atoms with Crippen LogP contribution in [0.15, 0.2) is 67.1 Å². The van der Waals surface area contributed by atoms with Gasteiger partial charge in [-0.15, -0.1) is 5.10 Å². The minimum absolute atomic E-state index is 0.211. The standard InChI is InChI=1S/C19H16FN5/c20-16-3-1-2-14(12-16)6-11-22-18-4-5-19-23-13-17(25(19)24-18)15-7-9-21-10-8-15/h1-5,7-10,12-13H,6,11H2,(H,22,24). The molecule has 25 heavy (non-hydrogen) atoms. The van der Waals surface area contributed by atoms with Crippen molar-refractivity contribution < 1.29 is 4.39 Å². The van der Waals surface area contributed by atoms with Gasteiger partial charge in [-0.1, -0.05) is 12.1 Å². The highest BCUT2D eigenvalue weighted by molar-refractivity contribution is 5.63. The molecule has 3 heterocycles. The first kappa shape index (κ1) is 15.3. The van der Waals surface area contributed by atoms with E-state index in [1.165, 1.54) is 6.07 Å². The first-order valence-electron chi connectivity index (χ1n) is 8.03. The van der Waals surface area contributed by atoms with Crippen LogP contribution < -0.4 is 5.32 Å². The van der Waals surface area contributed by atoms with Crippen LogP contribution in [0.5, 0.6) is 0 Å². The van der Waals surface area contributed by atoms with Gasteiger partial charge in [0.15, 0.2) is 5.65 Å². The van der Waals surface area contributed by atoms with Crippen molar-refractivity contribution in [1.82, 2.24) is 19.6 Å². The highest BCUT2D eigenvalue weighted by Gasteiger charge is 2.07. The fourth-order valence-electron chi connectivity index (χ4n) is 2.71. The summed E-state index contributed by atoms with van der Waals surface area (Å²) in [5.41, 5.74) is 3.65. The van der Waals surface area contributed by atoms with E-state index >= 15 is 0 Å². The maximum absolute atomic E-state index is 13.2. The number of nitrogens with zero attached hydrogens (tertiary/aromatic N) is 4. The molecule has 0 bridgehead atoms. The number of hydrogen-bond donors (Lipinski definition) is 1. The lowest BCUT2D eigenvalue weighted by atomic mass is 10.1. The molecule has 0 radical (unpaired) electrons. The quantitative estimate of drug-likeness (QED) is 0.606. The zero-order valence-electron chi connectivity index (χ0n) is 13.4. The van der Waals surface area contributed by atoms with Gasteiger partial charge in [0.25, 0.3) is 0 Å². The third-order valence-corrected chi connectivity index (χ3v) is 3.95. The van der Waals surface area contributed by atoms with Gasteiger partial charge in [-0.3, -0.25) is 4.98 Å². The Morgan fingerprint density at radius 1 is 1.04 bits per heavy atom. The van der Waals surface area contributed by atoms with Crippen LogP contribution in [0, 0.1) is 5.82 Å². The maximum Gasteiger partial charge on any atom is 0.154 e. The van der Waals surface area contributed by atoms with Gasteiger partial charge < -0.3 is 5.32 Å². The summed E-state index contributed by atoms with van der Waals surface area (Å²) in [4.78, 5) is 8.42. The SMILES string of the molecule is Fc1cccc(CCNc2ccc3ncc(-c4ccncc4)n3n2)c1. The molecule has 0 unspecified atom stereocenters. The van der Waals surface area contributed by atoms with Gasteiger partial charge >= 0.3 is 0 Å². The van der Waals surface area contributed by atoms with Crippen molar-refractivity contribution in [3.8, 4) is 11.3 Å². The van der Waals surface area contributed by atoms with E-state index in [4.69, 9.17) is 0 Å². The molecule has 0 aliphatic carbocycles. The number of hydrogen-bond acceptors (Lipinski definition) is 4. The Balaban J connectivity index is 1.53. The van der Waals surface area contributed by atoms with E-state index in [-0.39, 0.29) is 5.82 Å². The Hall–Kier alpha value is -3.28.